The molecule has 2 aromatic carbocycles. The van der Waals surface area contributed by atoms with E-state index < -0.39 is 17.6 Å². The minimum Gasteiger partial charge on any atom is -0.348 e. The molecule has 0 atom stereocenters. The summed E-state index contributed by atoms with van der Waals surface area (Å²) in [5, 5.41) is 3.08. The fourth-order valence-corrected chi connectivity index (χ4v) is 2.98. The summed E-state index contributed by atoms with van der Waals surface area (Å²) in [5.41, 5.74) is 0.703. The second kappa shape index (κ2) is 7.05. The molecular weight excluding hydrogens is 383 g/mol. The number of halogens is 3. The fraction of sp³-hybridized carbons (Fsp3) is 0.0952. The number of hydrogen-bond donors (Lipinski definition) is 1. The maximum Gasteiger partial charge on any atom is 0.416 e. The Labute approximate surface area is 162 Å². The van der Waals surface area contributed by atoms with Crippen molar-refractivity contribution < 1.29 is 18.0 Å². The highest BCUT2D eigenvalue weighted by atomic mass is 19.4. The number of carbonyl (C=O) groups is 1. The fourth-order valence-electron chi connectivity index (χ4n) is 2.98. The van der Waals surface area contributed by atoms with Crippen LogP contribution in [0.15, 0.2) is 71.7 Å². The van der Waals surface area contributed by atoms with Crippen molar-refractivity contribution in [3.63, 3.8) is 0 Å². The number of fused-ring (bicyclic) bond motifs is 2. The Morgan fingerprint density at radius 2 is 1.72 bits per heavy atom. The Morgan fingerprint density at radius 1 is 1.00 bits per heavy atom. The van der Waals surface area contributed by atoms with E-state index in [1.165, 1.54) is 22.7 Å². The zero-order valence-corrected chi connectivity index (χ0v) is 14.9. The second-order valence-electron chi connectivity index (χ2n) is 6.46. The summed E-state index contributed by atoms with van der Waals surface area (Å²) in [6.45, 7) is 0.0554. The average Bonchev–Trinajstić information content (AvgIpc) is 2.72. The molecule has 1 amide bonds. The Kier molecular flexibility index (Phi) is 4.54. The lowest BCUT2D eigenvalue weighted by Gasteiger charge is -2.09. The summed E-state index contributed by atoms with van der Waals surface area (Å²) in [6, 6.07) is 14.6. The van der Waals surface area contributed by atoms with Gasteiger partial charge in [0.2, 0.25) is 0 Å². The van der Waals surface area contributed by atoms with Crippen molar-refractivity contribution in [1.82, 2.24) is 14.7 Å². The van der Waals surface area contributed by atoms with E-state index in [0.717, 1.165) is 12.1 Å². The smallest absolute Gasteiger partial charge is 0.348 e. The van der Waals surface area contributed by atoms with Crippen LogP contribution in [-0.2, 0) is 12.7 Å². The van der Waals surface area contributed by atoms with Crippen LogP contribution in [0.2, 0.25) is 0 Å². The van der Waals surface area contributed by atoms with Crippen molar-refractivity contribution in [2.45, 2.75) is 12.7 Å². The van der Waals surface area contributed by atoms with E-state index in [4.69, 9.17) is 0 Å². The predicted octanol–water partition coefficient (Wildman–Crippen LogP) is 3.80. The zero-order valence-electron chi connectivity index (χ0n) is 14.9. The number of amides is 1. The van der Waals surface area contributed by atoms with Crippen LogP contribution in [0.1, 0.15) is 21.5 Å². The van der Waals surface area contributed by atoms with Gasteiger partial charge in [0.25, 0.3) is 11.5 Å². The third kappa shape index (κ3) is 3.69. The van der Waals surface area contributed by atoms with Crippen LogP contribution < -0.4 is 10.9 Å². The van der Waals surface area contributed by atoms with Gasteiger partial charge in [-0.2, -0.15) is 13.2 Å². The van der Waals surface area contributed by atoms with E-state index >= 15 is 0 Å². The zero-order chi connectivity index (χ0) is 20.6. The highest BCUT2D eigenvalue weighted by molar-refractivity contribution is 5.94. The van der Waals surface area contributed by atoms with Gasteiger partial charge in [0, 0.05) is 12.7 Å². The van der Waals surface area contributed by atoms with Crippen molar-refractivity contribution in [3.05, 3.63) is 93.9 Å². The van der Waals surface area contributed by atoms with E-state index in [-0.39, 0.29) is 17.7 Å². The molecule has 0 radical (unpaired) electrons. The van der Waals surface area contributed by atoms with Crippen LogP contribution >= 0.6 is 0 Å². The molecule has 0 spiro atoms. The van der Waals surface area contributed by atoms with E-state index in [1.54, 1.807) is 36.4 Å². The number of pyridine rings is 1. The van der Waals surface area contributed by atoms with Gasteiger partial charge in [-0.25, -0.2) is 4.98 Å². The van der Waals surface area contributed by atoms with Gasteiger partial charge in [0.05, 0.1) is 22.0 Å². The number of nitrogens with one attached hydrogen (secondary N) is 1. The second-order valence-corrected chi connectivity index (χ2v) is 6.46. The number of aromatic nitrogens is 2. The molecule has 0 aliphatic carbocycles. The quantitative estimate of drug-likeness (QED) is 0.535. The molecule has 0 saturated carbocycles. The Hall–Kier alpha value is -3.68. The normalized spacial score (nSPS) is 11.7. The molecule has 0 aliphatic rings. The standard InChI is InChI=1S/C21H14F3N3O2/c22-21(23,24)15-8-5-13(6-9-15)11-25-19(28)14-7-10-18-26-17-4-2-1-3-16(17)20(29)27(18)12-14/h1-10,12H,11H2,(H,25,28). The molecule has 2 heterocycles. The number of para-hydroxylation sites is 1. The van der Waals surface area contributed by atoms with Gasteiger partial charge < -0.3 is 5.32 Å². The largest absolute Gasteiger partial charge is 0.416 e. The maximum absolute atomic E-state index is 12.7. The van der Waals surface area contributed by atoms with Gasteiger partial charge in [0.1, 0.15) is 5.65 Å². The van der Waals surface area contributed by atoms with E-state index in [9.17, 15) is 22.8 Å². The van der Waals surface area contributed by atoms with Crippen molar-refractivity contribution >= 4 is 22.5 Å². The Balaban J connectivity index is 1.56. The lowest BCUT2D eigenvalue weighted by Crippen LogP contribution is -2.24. The molecule has 0 bridgehead atoms. The first-order chi connectivity index (χ1) is 13.8. The molecule has 0 saturated heterocycles. The maximum atomic E-state index is 12.7. The van der Waals surface area contributed by atoms with Crippen molar-refractivity contribution in [2.75, 3.05) is 0 Å². The molecule has 0 aliphatic heterocycles. The number of alkyl halides is 3. The van der Waals surface area contributed by atoms with E-state index in [2.05, 4.69) is 10.3 Å². The van der Waals surface area contributed by atoms with Crippen molar-refractivity contribution in [1.29, 1.82) is 0 Å². The van der Waals surface area contributed by atoms with Gasteiger partial charge in [-0.3, -0.25) is 14.0 Å². The van der Waals surface area contributed by atoms with Crippen molar-refractivity contribution in [3.8, 4) is 0 Å². The molecule has 1 N–H and O–H groups in total. The molecule has 4 aromatic rings. The molecule has 0 fully saturated rings. The van der Waals surface area contributed by atoms with Gasteiger partial charge >= 0.3 is 6.18 Å². The third-order valence-corrected chi connectivity index (χ3v) is 4.51. The SMILES string of the molecule is O=C(NCc1ccc(C(F)(F)F)cc1)c1ccc2nc3ccccc3c(=O)n2c1. The van der Waals surface area contributed by atoms with Crippen LogP contribution in [0.3, 0.4) is 0 Å². The Morgan fingerprint density at radius 3 is 2.45 bits per heavy atom. The predicted molar refractivity (Wildman–Crippen MR) is 102 cm³/mol. The molecule has 29 heavy (non-hydrogen) atoms. The number of carbonyl (C=O) groups excluding carboxylic acids is 1. The van der Waals surface area contributed by atoms with Crippen molar-refractivity contribution in [2.24, 2.45) is 0 Å². The number of nitrogens with zero attached hydrogens (tertiary/aromatic N) is 2. The number of benzene rings is 2. The highest BCUT2D eigenvalue weighted by Gasteiger charge is 2.29. The van der Waals surface area contributed by atoms with E-state index in [1.807, 2.05) is 0 Å². The molecule has 2 aromatic heterocycles. The third-order valence-electron chi connectivity index (χ3n) is 4.51. The van der Waals surface area contributed by atoms with E-state index in [0.29, 0.717) is 22.1 Å². The number of rotatable bonds is 3. The first-order valence-electron chi connectivity index (χ1n) is 8.68. The van der Waals surface area contributed by atoms with Gasteiger partial charge in [0.15, 0.2) is 0 Å². The lowest BCUT2D eigenvalue weighted by molar-refractivity contribution is -0.137. The van der Waals surface area contributed by atoms with Crippen LogP contribution in [0.5, 0.6) is 0 Å². The minimum atomic E-state index is -4.40. The van der Waals surface area contributed by atoms with Crippen LogP contribution in [-0.4, -0.2) is 15.3 Å². The summed E-state index contributed by atoms with van der Waals surface area (Å²) < 4.78 is 39.1. The molecular formula is C21H14F3N3O2. The Bertz CT molecular complexity index is 1280. The molecule has 8 heteroatoms. The summed E-state index contributed by atoms with van der Waals surface area (Å²) >= 11 is 0. The molecule has 5 nitrogen and oxygen atoms in total. The summed E-state index contributed by atoms with van der Waals surface area (Å²) in [7, 11) is 0. The summed E-state index contributed by atoms with van der Waals surface area (Å²) in [6.07, 6.45) is -3.00. The summed E-state index contributed by atoms with van der Waals surface area (Å²) in [5.74, 6) is -0.452. The monoisotopic (exact) mass is 397 g/mol. The molecule has 0 unspecified atom stereocenters. The topological polar surface area (TPSA) is 63.5 Å². The lowest BCUT2D eigenvalue weighted by atomic mass is 10.1. The van der Waals surface area contributed by atoms with Crippen LogP contribution in [0.4, 0.5) is 13.2 Å². The minimum absolute atomic E-state index is 0.0554. The highest BCUT2D eigenvalue weighted by Crippen LogP contribution is 2.29. The molecule has 4 rings (SSSR count). The number of hydrogen-bond acceptors (Lipinski definition) is 3. The summed E-state index contributed by atoms with van der Waals surface area (Å²) in [4.78, 5) is 29.5. The van der Waals surface area contributed by atoms with Crippen LogP contribution in [0.25, 0.3) is 16.6 Å². The van der Waals surface area contributed by atoms with Gasteiger partial charge in [-0.05, 0) is 42.0 Å². The average molecular weight is 397 g/mol. The van der Waals surface area contributed by atoms with Gasteiger partial charge in [-0.15, -0.1) is 0 Å². The van der Waals surface area contributed by atoms with Crippen LogP contribution in [0, 0.1) is 0 Å². The first-order valence-corrected chi connectivity index (χ1v) is 8.68. The van der Waals surface area contributed by atoms with Gasteiger partial charge in [-0.1, -0.05) is 24.3 Å². The first kappa shape index (κ1) is 18.7. The molecule has 146 valence electrons.